The predicted molar refractivity (Wildman–Crippen MR) is 119 cm³/mol. The topological polar surface area (TPSA) is 83.0 Å². The average Bonchev–Trinajstić information content (AvgIpc) is 3.11. The Bertz CT molecular complexity index is 942. The quantitative estimate of drug-likeness (QED) is 0.759. The number of pyridine rings is 1. The monoisotopic (exact) mass is 443 g/mol. The number of hydrogen-bond acceptors (Lipinski definition) is 4. The fourth-order valence-corrected chi connectivity index (χ4v) is 4.97. The molecule has 9 heteroatoms. The van der Waals surface area contributed by atoms with Crippen LogP contribution < -0.4 is 10.9 Å². The number of amides is 1. The van der Waals surface area contributed by atoms with Crippen LogP contribution in [-0.2, 0) is 18.3 Å². The molecule has 4 heterocycles. The molecule has 2 aliphatic rings. The highest BCUT2D eigenvalue weighted by Gasteiger charge is 2.36. The van der Waals surface area contributed by atoms with E-state index in [1.807, 2.05) is 25.8 Å². The van der Waals surface area contributed by atoms with E-state index in [4.69, 9.17) is 0 Å². The van der Waals surface area contributed by atoms with E-state index in [1.54, 1.807) is 11.7 Å². The highest BCUT2D eigenvalue weighted by molar-refractivity contribution is 5.85. The Morgan fingerprint density at radius 3 is 2.45 bits per heavy atom. The van der Waals surface area contributed by atoms with Crippen LogP contribution in [0.25, 0.3) is 11.0 Å². The van der Waals surface area contributed by atoms with Gasteiger partial charge in [0.1, 0.15) is 0 Å². The van der Waals surface area contributed by atoms with E-state index in [9.17, 15) is 9.59 Å². The number of fused-ring (bicyclic) bond motifs is 3. The number of hydrogen-bond donors (Lipinski definition) is 2. The number of nitrogens with one attached hydrogen (secondary N) is 2. The summed E-state index contributed by atoms with van der Waals surface area (Å²) in [4.78, 5) is 31.6. The molecular weight excluding hydrogens is 413 g/mol. The second kappa shape index (κ2) is 9.06. The molecule has 0 aromatic carbocycles. The van der Waals surface area contributed by atoms with Crippen molar-refractivity contribution in [3.63, 3.8) is 0 Å². The molecule has 2 unspecified atom stereocenters. The second-order valence-electron chi connectivity index (χ2n) is 8.27. The van der Waals surface area contributed by atoms with Crippen LogP contribution in [0.5, 0.6) is 0 Å². The fourth-order valence-electron chi connectivity index (χ4n) is 4.97. The van der Waals surface area contributed by atoms with Crippen LogP contribution in [0.15, 0.2) is 4.79 Å². The van der Waals surface area contributed by atoms with Crippen LogP contribution in [0.2, 0.25) is 0 Å². The Labute approximate surface area is 183 Å². The first kappa shape index (κ1) is 23.7. The van der Waals surface area contributed by atoms with Crippen LogP contribution in [0.4, 0.5) is 0 Å². The molecular formula is C20H31Cl2N5O2. The molecule has 2 saturated heterocycles. The lowest BCUT2D eigenvalue weighted by Gasteiger charge is -2.35. The number of carbonyl (C=O) groups is 1. The van der Waals surface area contributed by atoms with Crippen LogP contribution in [-0.4, -0.2) is 50.7 Å². The normalized spacial score (nSPS) is 22.8. The van der Waals surface area contributed by atoms with Gasteiger partial charge in [0, 0.05) is 44.3 Å². The van der Waals surface area contributed by atoms with Gasteiger partial charge in [-0.1, -0.05) is 0 Å². The van der Waals surface area contributed by atoms with Gasteiger partial charge in [0.15, 0.2) is 5.65 Å². The molecule has 1 amide bonds. The average molecular weight is 444 g/mol. The summed E-state index contributed by atoms with van der Waals surface area (Å²) in [5.74, 6) is 0.183. The molecule has 7 nitrogen and oxygen atoms in total. The van der Waals surface area contributed by atoms with E-state index in [-0.39, 0.29) is 36.3 Å². The number of aromatic nitrogens is 3. The third kappa shape index (κ3) is 4.32. The van der Waals surface area contributed by atoms with Crippen molar-refractivity contribution in [1.82, 2.24) is 25.0 Å². The SMILES string of the molecule is Cc1nc2c(c(C)c1CCC(=O)N(C)C1CC3CCC(C1)N3)c(=O)[nH]n2C.Cl.Cl. The van der Waals surface area contributed by atoms with E-state index in [0.29, 0.717) is 42.0 Å². The van der Waals surface area contributed by atoms with Gasteiger partial charge in [-0.05, 0) is 57.1 Å². The molecule has 0 radical (unpaired) electrons. The summed E-state index contributed by atoms with van der Waals surface area (Å²) in [5.41, 5.74) is 3.41. The highest BCUT2D eigenvalue weighted by Crippen LogP contribution is 2.29. The Kier molecular flexibility index (Phi) is 7.41. The molecule has 2 fully saturated rings. The van der Waals surface area contributed by atoms with Gasteiger partial charge in [-0.15, -0.1) is 24.8 Å². The van der Waals surface area contributed by atoms with Crippen LogP contribution in [0, 0.1) is 13.8 Å². The Hall–Kier alpha value is -1.57. The number of nitrogens with zero attached hydrogens (tertiary/aromatic N) is 3. The summed E-state index contributed by atoms with van der Waals surface area (Å²) >= 11 is 0. The summed E-state index contributed by atoms with van der Waals surface area (Å²) in [5, 5.41) is 7.03. The van der Waals surface area contributed by atoms with Crippen LogP contribution >= 0.6 is 24.8 Å². The third-order valence-electron chi connectivity index (χ3n) is 6.55. The lowest BCUT2D eigenvalue weighted by molar-refractivity contribution is -0.132. The minimum absolute atomic E-state index is 0. The molecule has 0 saturated carbocycles. The molecule has 4 rings (SSSR count). The standard InChI is InChI=1S/C20H29N5O2.2ClH/c1-11-16(12(2)21-19-18(11)20(27)23-25(19)4)7-8-17(26)24(3)15-9-13-5-6-14(10-15)22-13;;/h13-15,22H,5-10H2,1-4H3,(H,23,27);2*1H. The smallest absolute Gasteiger partial charge is 0.273 e. The van der Waals surface area contributed by atoms with Gasteiger partial charge >= 0.3 is 0 Å². The summed E-state index contributed by atoms with van der Waals surface area (Å²) in [7, 11) is 3.74. The van der Waals surface area contributed by atoms with Crippen molar-refractivity contribution in [3.05, 3.63) is 27.2 Å². The Morgan fingerprint density at radius 1 is 1.21 bits per heavy atom. The Balaban J connectivity index is 0.00000150. The first-order valence-corrected chi connectivity index (χ1v) is 9.91. The number of rotatable bonds is 4. The van der Waals surface area contributed by atoms with Crippen molar-refractivity contribution >= 4 is 41.8 Å². The van der Waals surface area contributed by atoms with Gasteiger partial charge in [0.25, 0.3) is 5.56 Å². The first-order valence-electron chi connectivity index (χ1n) is 9.91. The van der Waals surface area contributed by atoms with Crippen molar-refractivity contribution in [1.29, 1.82) is 0 Å². The molecule has 2 atom stereocenters. The lowest BCUT2D eigenvalue weighted by Crippen LogP contribution is -2.48. The van der Waals surface area contributed by atoms with Crippen molar-refractivity contribution in [2.45, 2.75) is 70.5 Å². The molecule has 2 bridgehead atoms. The third-order valence-corrected chi connectivity index (χ3v) is 6.55. The largest absolute Gasteiger partial charge is 0.343 e. The summed E-state index contributed by atoms with van der Waals surface area (Å²) < 4.78 is 1.66. The van der Waals surface area contributed by atoms with Gasteiger partial charge in [-0.2, -0.15) is 0 Å². The summed E-state index contributed by atoms with van der Waals surface area (Å²) in [6, 6.07) is 1.49. The number of piperidine rings is 1. The van der Waals surface area contributed by atoms with Crippen molar-refractivity contribution < 1.29 is 4.79 Å². The molecule has 0 spiro atoms. The summed E-state index contributed by atoms with van der Waals surface area (Å²) in [6.07, 6.45) is 5.66. The second-order valence-corrected chi connectivity index (χ2v) is 8.27. The molecule has 2 N–H and O–H groups in total. The maximum Gasteiger partial charge on any atom is 0.273 e. The molecule has 0 aliphatic carbocycles. The predicted octanol–water partition coefficient (Wildman–Crippen LogP) is 2.40. The first-order chi connectivity index (χ1) is 12.8. The molecule has 2 aromatic rings. The fraction of sp³-hybridized carbons (Fsp3) is 0.650. The van der Waals surface area contributed by atoms with E-state index in [1.165, 1.54) is 12.8 Å². The van der Waals surface area contributed by atoms with E-state index < -0.39 is 0 Å². The summed E-state index contributed by atoms with van der Waals surface area (Å²) in [6.45, 7) is 3.91. The Morgan fingerprint density at radius 2 is 1.83 bits per heavy atom. The van der Waals surface area contributed by atoms with E-state index in [2.05, 4.69) is 15.4 Å². The maximum absolute atomic E-state index is 12.8. The highest BCUT2D eigenvalue weighted by atomic mass is 35.5. The molecule has 2 aliphatic heterocycles. The van der Waals surface area contributed by atoms with Gasteiger partial charge in [-0.25, -0.2) is 4.98 Å². The van der Waals surface area contributed by atoms with Crippen LogP contribution in [0.3, 0.4) is 0 Å². The van der Waals surface area contributed by atoms with Gasteiger partial charge in [0.2, 0.25) is 5.91 Å². The van der Waals surface area contributed by atoms with E-state index in [0.717, 1.165) is 29.7 Å². The molecule has 2 aromatic heterocycles. The number of halogens is 2. The zero-order valence-corrected chi connectivity index (χ0v) is 19.1. The van der Waals surface area contributed by atoms with Crippen LogP contribution in [0.1, 0.15) is 48.9 Å². The zero-order valence-electron chi connectivity index (χ0n) is 17.4. The minimum atomic E-state index is -0.118. The maximum atomic E-state index is 12.8. The van der Waals surface area contributed by atoms with Crippen molar-refractivity contribution in [3.8, 4) is 0 Å². The number of carbonyl (C=O) groups excluding carboxylic acids is 1. The van der Waals surface area contributed by atoms with Gasteiger partial charge < -0.3 is 10.2 Å². The number of H-pyrrole nitrogens is 1. The molecule has 162 valence electrons. The lowest BCUT2D eigenvalue weighted by atomic mass is 9.97. The van der Waals surface area contributed by atoms with Gasteiger partial charge in [-0.3, -0.25) is 19.4 Å². The van der Waals surface area contributed by atoms with Gasteiger partial charge in [0.05, 0.1) is 5.39 Å². The molecule has 29 heavy (non-hydrogen) atoms. The van der Waals surface area contributed by atoms with Crippen molar-refractivity contribution in [2.75, 3.05) is 7.05 Å². The zero-order chi connectivity index (χ0) is 19.3. The van der Waals surface area contributed by atoms with Crippen molar-refractivity contribution in [2.24, 2.45) is 7.05 Å². The van der Waals surface area contributed by atoms with E-state index >= 15 is 0 Å². The minimum Gasteiger partial charge on any atom is -0.343 e. The number of aryl methyl sites for hydroxylation is 3. The number of aromatic amines is 1.